The van der Waals surface area contributed by atoms with Crippen molar-refractivity contribution in [1.82, 2.24) is 15.5 Å². The van der Waals surface area contributed by atoms with Crippen molar-refractivity contribution in [1.29, 1.82) is 0 Å². The molecule has 2 N–H and O–H groups in total. The second-order valence-corrected chi connectivity index (χ2v) is 6.13. The summed E-state index contributed by atoms with van der Waals surface area (Å²) in [7, 11) is 0. The van der Waals surface area contributed by atoms with E-state index in [4.69, 9.17) is 11.6 Å². The van der Waals surface area contributed by atoms with E-state index in [1.165, 1.54) is 5.56 Å². The smallest absolute Gasteiger partial charge is 0.220 e. The number of H-pyrrole nitrogens is 1. The van der Waals surface area contributed by atoms with Crippen molar-refractivity contribution in [3.8, 4) is 0 Å². The largest absolute Gasteiger partial charge is 0.353 e. The highest BCUT2D eigenvalue weighted by molar-refractivity contribution is 6.30. The third-order valence-corrected chi connectivity index (χ3v) is 3.72. The maximum atomic E-state index is 11.9. The van der Waals surface area contributed by atoms with E-state index >= 15 is 0 Å². The number of rotatable bonds is 7. The predicted octanol–water partition coefficient (Wildman–Crippen LogP) is 3.44. The fourth-order valence-electron chi connectivity index (χ4n) is 2.39. The molecule has 0 saturated heterocycles. The standard InChI is InChI=1S/C17H22ClN3O/c1-12(10-16-11-13(2)20-21-16)19-17(22)5-3-4-14-6-8-15(18)9-7-14/h6-9,11-12H,3-5,10H2,1-2H3,(H,19,22)(H,20,21)/t12-/m0/s1. The van der Waals surface area contributed by atoms with Gasteiger partial charge in [0, 0.05) is 29.6 Å². The van der Waals surface area contributed by atoms with E-state index in [0.717, 1.165) is 35.7 Å². The minimum Gasteiger partial charge on any atom is -0.353 e. The zero-order chi connectivity index (χ0) is 15.9. The summed E-state index contributed by atoms with van der Waals surface area (Å²) in [4.78, 5) is 11.9. The number of carbonyl (C=O) groups is 1. The molecule has 118 valence electrons. The summed E-state index contributed by atoms with van der Waals surface area (Å²) >= 11 is 5.85. The van der Waals surface area contributed by atoms with Gasteiger partial charge in [0.15, 0.2) is 0 Å². The van der Waals surface area contributed by atoms with Crippen molar-refractivity contribution in [3.05, 3.63) is 52.3 Å². The van der Waals surface area contributed by atoms with Crippen LogP contribution in [0.25, 0.3) is 0 Å². The Labute approximate surface area is 136 Å². The van der Waals surface area contributed by atoms with E-state index in [1.807, 2.05) is 44.2 Å². The first kappa shape index (κ1) is 16.6. The molecule has 4 nitrogen and oxygen atoms in total. The Kier molecular flexibility index (Phi) is 6.01. The average molecular weight is 320 g/mol. The molecule has 1 heterocycles. The normalized spacial score (nSPS) is 12.1. The molecule has 0 aliphatic rings. The second-order valence-electron chi connectivity index (χ2n) is 5.69. The molecule has 1 aromatic carbocycles. The van der Waals surface area contributed by atoms with Crippen LogP contribution in [-0.4, -0.2) is 22.1 Å². The number of aromatic amines is 1. The molecule has 2 rings (SSSR count). The highest BCUT2D eigenvalue weighted by Crippen LogP contribution is 2.11. The van der Waals surface area contributed by atoms with Gasteiger partial charge in [0.2, 0.25) is 5.91 Å². The first-order valence-electron chi connectivity index (χ1n) is 7.57. The maximum absolute atomic E-state index is 11.9. The fourth-order valence-corrected chi connectivity index (χ4v) is 2.52. The lowest BCUT2D eigenvalue weighted by atomic mass is 10.1. The van der Waals surface area contributed by atoms with E-state index in [2.05, 4.69) is 15.5 Å². The van der Waals surface area contributed by atoms with E-state index in [1.54, 1.807) is 0 Å². The third-order valence-electron chi connectivity index (χ3n) is 3.46. The first-order chi connectivity index (χ1) is 10.5. The van der Waals surface area contributed by atoms with Gasteiger partial charge in [0.05, 0.1) is 5.69 Å². The number of aromatic nitrogens is 2. The molecule has 0 unspecified atom stereocenters. The lowest BCUT2D eigenvalue weighted by Gasteiger charge is -2.12. The van der Waals surface area contributed by atoms with Crippen molar-refractivity contribution >= 4 is 17.5 Å². The van der Waals surface area contributed by atoms with Crippen LogP contribution in [0.4, 0.5) is 0 Å². The first-order valence-corrected chi connectivity index (χ1v) is 7.95. The number of hydrogen-bond acceptors (Lipinski definition) is 2. The number of benzene rings is 1. The average Bonchev–Trinajstić information content (AvgIpc) is 2.86. The molecule has 22 heavy (non-hydrogen) atoms. The van der Waals surface area contributed by atoms with Gasteiger partial charge in [-0.2, -0.15) is 5.10 Å². The van der Waals surface area contributed by atoms with Crippen molar-refractivity contribution < 1.29 is 4.79 Å². The minimum absolute atomic E-state index is 0.0886. The quantitative estimate of drug-likeness (QED) is 0.821. The van der Waals surface area contributed by atoms with Crippen molar-refractivity contribution in [2.75, 3.05) is 0 Å². The van der Waals surface area contributed by atoms with Gasteiger partial charge in [-0.3, -0.25) is 9.89 Å². The molecule has 1 amide bonds. The molecule has 1 aromatic heterocycles. The molecular formula is C17H22ClN3O. The molecular weight excluding hydrogens is 298 g/mol. The van der Waals surface area contributed by atoms with Gasteiger partial charge in [-0.15, -0.1) is 0 Å². The second kappa shape index (κ2) is 7.99. The predicted molar refractivity (Wildman–Crippen MR) is 89.0 cm³/mol. The molecule has 0 bridgehead atoms. The van der Waals surface area contributed by atoms with Gasteiger partial charge in [-0.05, 0) is 50.5 Å². The van der Waals surface area contributed by atoms with Gasteiger partial charge in [0.25, 0.3) is 0 Å². The Balaban J connectivity index is 1.67. The zero-order valence-corrected chi connectivity index (χ0v) is 13.8. The summed E-state index contributed by atoms with van der Waals surface area (Å²) in [6.07, 6.45) is 3.00. The van der Waals surface area contributed by atoms with E-state index in [-0.39, 0.29) is 11.9 Å². The topological polar surface area (TPSA) is 57.8 Å². The van der Waals surface area contributed by atoms with Crippen molar-refractivity contribution in [2.24, 2.45) is 0 Å². The summed E-state index contributed by atoms with van der Waals surface area (Å²) in [6, 6.07) is 9.86. The Morgan fingerprint density at radius 1 is 1.36 bits per heavy atom. The van der Waals surface area contributed by atoms with Gasteiger partial charge in [-0.25, -0.2) is 0 Å². The highest BCUT2D eigenvalue weighted by Gasteiger charge is 2.09. The molecule has 0 fully saturated rings. The number of hydrogen-bond donors (Lipinski definition) is 2. The number of carbonyl (C=O) groups excluding carboxylic acids is 1. The molecule has 0 saturated carbocycles. The molecule has 5 heteroatoms. The molecule has 0 aliphatic carbocycles. The molecule has 1 atom stereocenters. The third kappa shape index (κ3) is 5.53. The Morgan fingerprint density at radius 2 is 2.09 bits per heavy atom. The minimum atomic E-state index is 0.0886. The summed E-state index contributed by atoms with van der Waals surface area (Å²) < 4.78 is 0. The fraction of sp³-hybridized carbons (Fsp3) is 0.412. The van der Waals surface area contributed by atoms with Crippen LogP contribution in [0.1, 0.15) is 36.7 Å². The Bertz CT molecular complexity index is 607. The van der Waals surface area contributed by atoms with Crippen molar-refractivity contribution in [3.63, 3.8) is 0 Å². The SMILES string of the molecule is Cc1cc(C[C@H](C)NC(=O)CCCc2ccc(Cl)cc2)n[nH]1. The van der Waals surface area contributed by atoms with Crippen LogP contribution < -0.4 is 5.32 Å². The van der Waals surface area contributed by atoms with E-state index in [0.29, 0.717) is 6.42 Å². The molecule has 0 spiro atoms. The number of nitrogens with one attached hydrogen (secondary N) is 2. The van der Waals surface area contributed by atoms with Crippen LogP contribution in [0, 0.1) is 6.92 Å². The summed E-state index contributed by atoms with van der Waals surface area (Å²) in [5, 5.41) is 10.9. The van der Waals surface area contributed by atoms with Crippen LogP contribution in [0.15, 0.2) is 30.3 Å². The molecule has 2 aromatic rings. The van der Waals surface area contributed by atoms with Gasteiger partial charge >= 0.3 is 0 Å². The van der Waals surface area contributed by atoms with Crippen LogP contribution in [0.5, 0.6) is 0 Å². The highest BCUT2D eigenvalue weighted by atomic mass is 35.5. The van der Waals surface area contributed by atoms with E-state index < -0.39 is 0 Å². The monoisotopic (exact) mass is 319 g/mol. The lowest BCUT2D eigenvalue weighted by Crippen LogP contribution is -2.34. The van der Waals surface area contributed by atoms with Crippen LogP contribution in [-0.2, 0) is 17.6 Å². The van der Waals surface area contributed by atoms with Gasteiger partial charge < -0.3 is 5.32 Å². The Morgan fingerprint density at radius 3 is 2.73 bits per heavy atom. The molecule has 0 radical (unpaired) electrons. The van der Waals surface area contributed by atoms with Crippen LogP contribution in [0.2, 0.25) is 5.02 Å². The van der Waals surface area contributed by atoms with Crippen LogP contribution in [0.3, 0.4) is 0 Å². The summed E-state index contributed by atoms with van der Waals surface area (Å²) in [6.45, 7) is 3.97. The lowest BCUT2D eigenvalue weighted by molar-refractivity contribution is -0.121. The van der Waals surface area contributed by atoms with E-state index in [9.17, 15) is 4.79 Å². The maximum Gasteiger partial charge on any atom is 0.220 e. The zero-order valence-electron chi connectivity index (χ0n) is 13.0. The number of nitrogens with zero attached hydrogens (tertiary/aromatic N) is 1. The van der Waals surface area contributed by atoms with Gasteiger partial charge in [-0.1, -0.05) is 23.7 Å². The van der Waals surface area contributed by atoms with Crippen LogP contribution >= 0.6 is 11.6 Å². The number of amides is 1. The number of halogens is 1. The Hall–Kier alpha value is -1.81. The number of aryl methyl sites for hydroxylation is 2. The van der Waals surface area contributed by atoms with Crippen molar-refractivity contribution in [2.45, 2.75) is 45.6 Å². The summed E-state index contributed by atoms with van der Waals surface area (Å²) in [5.41, 5.74) is 3.22. The summed E-state index contributed by atoms with van der Waals surface area (Å²) in [5.74, 6) is 0.0914. The molecule has 0 aliphatic heterocycles. The van der Waals surface area contributed by atoms with Gasteiger partial charge in [0.1, 0.15) is 0 Å².